The van der Waals surface area contributed by atoms with Crippen LogP contribution in [0.4, 0.5) is 0 Å². The zero-order chi connectivity index (χ0) is 15.9. The third-order valence-electron chi connectivity index (χ3n) is 5.09. The Kier molecular flexibility index (Phi) is 13.5. The van der Waals surface area contributed by atoms with Gasteiger partial charge in [0.2, 0.25) is 0 Å². The zero-order valence-corrected chi connectivity index (χ0v) is 15.4. The van der Waals surface area contributed by atoms with E-state index in [1.807, 2.05) is 0 Å². The van der Waals surface area contributed by atoms with Gasteiger partial charge >= 0.3 is 0 Å². The first-order chi connectivity index (χ1) is 10.8. The van der Waals surface area contributed by atoms with Crippen LogP contribution in [0.15, 0.2) is 0 Å². The molecule has 22 heavy (non-hydrogen) atoms. The van der Waals surface area contributed by atoms with Crippen molar-refractivity contribution in [1.29, 1.82) is 0 Å². The lowest BCUT2D eigenvalue weighted by Crippen LogP contribution is -2.14. The standard InChI is InChI=1S/C19H38O2S/c20-22(21)19-17-15-13-11-9-7-5-3-1-2-4-6-8-10-12-14-16-18-19/h19H,1-18H2,(H,20,21). The Labute approximate surface area is 141 Å². The van der Waals surface area contributed by atoms with Crippen LogP contribution in [0.2, 0.25) is 0 Å². The normalized spacial score (nSPS) is 24.8. The minimum atomic E-state index is -1.62. The fraction of sp³-hybridized carbons (Fsp3) is 1.00. The lowest BCUT2D eigenvalue weighted by molar-refractivity contribution is 0.496. The van der Waals surface area contributed by atoms with Crippen molar-refractivity contribution in [2.75, 3.05) is 0 Å². The summed E-state index contributed by atoms with van der Waals surface area (Å²) in [5, 5.41) is 0.0297. The molecule has 1 aliphatic carbocycles. The molecule has 1 atom stereocenters. The van der Waals surface area contributed by atoms with Gasteiger partial charge in [0.1, 0.15) is 0 Å². The molecular formula is C19H38O2S. The molecule has 2 nitrogen and oxygen atoms in total. The highest BCUT2D eigenvalue weighted by atomic mass is 32.2. The van der Waals surface area contributed by atoms with Crippen LogP contribution >= 0.6 is 0 Å². The molecule has 0 heterocycles. The molecular weight excluding hydrogens is 292 g/mol. The van der Waals surface area contributed by atoms with Crippen molar-refractivity contribution in [2.24, 2.45) is 0 Å². The van der Waals surface area contributed by atoms with Gasteiger partial charge in [-0.15, -0.1) is 0 Å². The Morgan fingerprint density at radius 3 is 0.955 bits per heavy atom. The highest BCUT2D eigenvalue weighted by Crippen LogP contribution is 2.19. The molecule has 1 N–H and O–H groups in total. The predicted octanol–water partition coefficient (Wildman–Crippen LogP) is 6.61. The van der Waals surface area contributed by atoms with Crippen molar-refractivity contribution < 1.29 is 8.76 Å². The van der Waals surface area contributed by atoms with Crippen LogP contribution in [0.25, 0.3) is 0 Å². The van der Waals surface area contributed by atoms with Crippen molar-refractivity contribution in [2.45, 2.75) is 121 Å². The van der Waals surface area contributed by atoms with E-state index in [1.165, 1.54) is 89.9 Å². The van der Waals surface area contributed by atoms with Gasteiger partial charge in [0.05, 0.1) is 5.25 Å². The molecule has 3 heteroatoms. The van der Waals surface area contributed by atoms with Crippen molar-refractivity contribution in [3.05, 3.63) is 0 Å². The van der Waals surface area contributed by atoms with E-state index in [9.17, 15) is 8.76 Å². The summed E-state index contributed by atoms with van der Waals surface area (Å²) in [7, 11) is 0. The van der Waals surface area contributed by atoms with E-state index >= 15 is 0 Å². The minimum absolute atomic E-state index is 0.0297. The van der Waals surface area contributed by atoms with Gasteiger partial charge in [0, 0.05) is 0 Å². The van der Waals surface area contributed by atoms with E-state index in [-0.39, 0.29) is 5.25 Å². The average Bonchev–Trinajstić information content (AvgIpc) is 2.50. The predicted molar refractivity (Wildman–Crippen MR) is 97.7 cm³/mol. The smallest absolute Gasteiger partial charge is 0.155 e. The molecule has 1 rings (SSSR count). The molecule has 1 aliphatic rings. The summed E-state index contributed by atoms with van der Waals surface area (Å²) in [6, 6.07) is 0. The third kappa shape index (κ3) is 11.6. The molecule has 0 aromatic rings. The molecule has 0 aliphatic heterocycles. The van der Waals surface area contributed by atoms with Crippen molar-refractivity contribution in [3.63, 3.8) is 0 Å². The second kappa shape index (κ2) is 14.7. The fourth-order valence-corrected chi connectivity index (χ4v) is 4.30. The van der Waals surface area contributed by atoms with E-state index in [2.05, 4.69) is 0 Å². The fourth-order valence-electron chi connectivity index (χ4n) is 3.56. The molecule has 0 aromatic heterocycles. The second-order valence-electron chi connectivity index (χ2n) is 7.13. The SMILES string of the molecule is O=S(O)C1CCCCCCCCCCCCCCCCCC1. The number of rotatable bonds is 1. The molecule has 0 aromatic carbocycles. The van der Waals surface area contributed by atoms with E-state index in [4.69, 9.17) is 0 Å². The van der Waals surface area contributed by atoms with E-state index in [0.29, 0.717) is 0 Å². The van der Waals surface area contributed by atoms with E-state index in [1.54, 1.807) is 0 Å². The van der Waals surface area contributed by atoms with Crippen LogP contribution in [-0.2, 0) is 11.1 Å². The molecule has 0 bridgehead atoms. The first kappa shape index (κ1) is 20.2. The molecule has 0 amide bonds. The van der Waals surface area contributed by atoms with Gasteiger partial charge < -0.3 is 4.55 Å². The van der Waals surface area contributed by atoms with Gasteiger partial charge in [-0.05, 0) is 12.8 Å². The molecule has 1 saturated carbocycles. The Bertz CT molecular complexity index is 248. The van der Waals surface area contributed by atoms with Crippen molar-refractivity contribution in [3.8, 4) is 0 Å². The van der Waals surface area contributed by atoms with E-state index < -0.39 is 11.1 Å². The average molecular weight is 331 g/mol. The maximum Gasteiger partial charge on any atom is 0.155 e. The van der Waals surface area contributed by atoms with Gasteiger partial charge in [0.15, 0.2) is 11.1 Å². The highest BCUT2D eigenvalue weighted by Gasteiger charge is 2.14. The summed E-state index contributed by atoms with van der Waals surface area (Å²) >= 11 is -1.62. The second-order valence-corrected chi connectivity index (χ2v) is 8.35. The summed E-state index contributed by atoms with van der Waals surface area (Å²) in [4.78, 5) is 0. The van der Waals surface area contributed by atoms with Gasteiger partial charge in [-0.25, -0.2) is 4.21 Å². The van der Waals surface area contributed by atoms with Crippen LogP contribution in [0.3, 0.4) is 0 Å². The van der Waals surface area contributed by atoms with Gasteiger partial charge in [-0.1, -0.05) is 103 Å². The molecule has 0 saturated heterocycles. The van der Waals surface area contributed by atoms with Crippen LogP contribution in [0, 0.1) is 0 Å². The van der Waals surface area contributed by atoms with Gasteiger partial charge in [0.25, 0.3) is 0 Å². The lowest BCUT2D eigenvalue weighted by atomic mass is 10.0. The summed E-state index contributed by atoms with van der Waals surface area (Å²) in [5.74, 6) is 0. The zero-order valence-electron chi connectivity index (χ0n) is 14.6. The van der Waals surface area contributed by atoms with Gasteiger partial charge in [-0.2, -0.15) is 0 Å². The highest BCUT2D eigenvalue weighted by molar-refractivity contribution is 7.79. The first-order valence-corrected chi connectivity index (χ1v) is 11.1. The Balaban J connectivity index is 2.23. The molecule has 0 spiro atoms. The quantitative estimate of drug-likeness (QED) is 0.549. The summed E-state index contributed by atoms with van der Waals surface area (Å²) in [6.07, 6.45) is 23.3. The summed E-state index contributed by atoms with van der Waals surface area (Å²) in [5.41, 5.74) is 0. The van der Waals surface area contributed by atoms with Crippen LogP contribution in [0.1, 0.15) is 116 Å². The third-order valence-corrected chi connectivity index (χ3v) is 6.13. The van der Waals surface area contributed by atoms with Crippen LogP contribution in [0.5, 0.6) is 0 Å². The van der Waals surface area contributed by atoms with Crippen LogP contribution < -0.4 is 0 Å². The summed E-state index contributed by atoms with van der Waals surface area (Å²) < 4.78 is 20.9. The molecule has 1 unspecified atom stereocenters. The number of hydrogen-bond acceptors (Lipinski definition) is 1. The molecule has 1 fully saturated rings. The van der Waals surface area contributed by atoms with Crippen molar-refractivity contribution >= 4 is 11.1 Å². The van der Waals surface area contributed by atoms with Crippen molar-refractivity contribution in [1.82, 2.24) is 0 Å². The molecule has 132 valence electrons. The molecule has 0 radical (unpaired) electrons. The van der Waals surface area contributed by atoms with Gasteiger partial charge in [-0.3, -0.25) is 0 Å². The summed E-state index contributed by atoms with van der Waals surface area (Å²) in [6.45, 7) is 0. The van der Waals surface area contributed by atoms with E-state index in [0.717, 1.165) is 25.7 Å². The minimum Gasteiger partial charge on any atom is -0.306 e. The monoisotopic (exact) mass is 330 g/mol. The largest absolute Gasteiger partial charge is 0.306 e. The Morgan fingerprint density at radius 1 is 0.500 bits per heavy atom. The first-order valence-electron chi connectivity index (χ1n) is 9.90. The topological polar surface area (TPSA) is 37.3 Å². The number of hydrogen-bond donors (Lipinski definition) is 1. The van der Waals surface area contributed by atoms with Crippen LogP contribution in [-0.4, -0.2) is 14.0 Å². The Hall–Kier alpha value is 0.110. The maximum absolute atomic E-state index is 11.4. The lowest BCUT2D eigenvalue weighted by Gasteiger charge is -2.12. The Morgan fingerprint density at radius 2 is 0.727 bits per heavy atom. The maximum atomic E-state index is 11.4.